The van der Waals surface area contributed by atoms with Gasteiger partial charge in [-0.25, -0.2) is 12.8 Å². The van der Waals surface area contributed by atoms with Gasteiger partial charge in [-0.2, -0.15) is 27.7 Å². The zero-order valence-electron chi connectivity index (χ0n) is 19.4. The van der Waals surface area contributed by atoms with Crippen molar-refractivity contribution in [1.82, 2.24) is 24.8 Å². The number of rotatable bonds is 6. The van der Waals surface area contributed by atoms with Crippen molar-refractivity contribution in [3.8, 4) is 11.3 Å². The van der Waals surface area contributed by atoms with E-state index in [1.54, 1.807) is 0 Å². The number of nitrogens with zero attached hydrogens (tertiary/aromatic N) is 4. The summed E-state index contributed by atoms with van der Waals surface area (Å²) in [5.74, 6) is -1.10. The third-order valence-electron chi connectivity index (χ3n) is 6.06. The number of fused-ring (bicyclic) bond motifs is 1. The number of hydrogen-bond donors (Lipinski definition) is 1. The Labute approximate surface area is 213 Å². The summed E-state index contributed by atoms with van der Waals surface area (Å²) >= 11 is 0. The SMILES string of the molecule is O=C(NCc1cc(-c2ccc(C(F)(F)F)cn2)cnn1)[C@@H]1CCCN1S(=O)(=O)c1cc2cc(F)ccc2o1. The minimum Gasteiger partial charge on any atom is -0.443 e. The molecular formula is C24H19F4N5O4S. The van der Waals surface area contributed by atoms with Crippen LogP contribution in [0.1, 0.15) is 24.1 Å². The van der Waals surface area contributed by atoms with Crippen LogP contribution >= 0.6 is 0 Å². The molecule has 4 aromatic rings. The summed E-state index contributed by atoms with van der Waals surface area (Å²) in [5, 5.41) is 10.3. The number of amides is 1. The highest BCUT2D eigenvalue weighted by Crippen LogP contribution is 2.31. The topological polar surface area (TPSA) is 118 Å². The molecule has 0 saturated carbocycles. The second kappa shape index (κ2) is 9.76. The highest BCUT2D eigenvalue weighted by Gasteiger charge is 2.41. The van der Waals surface area contributed by atoms with Crippen LogP contribution in [0.3, 0.4) is 0 Å². The van der Waals surface area contributed by atoms with Crippen LogP contribution in [-0.4, -0.2) is 46.4 Å². The number of carbonyl (C=O) groups is 1. The second-order valence-corrected chi connectivity index (χ2v) is 10.4. The molecule has 0 radical (unpaired) electrons. The van der Waals surface area contributed by atoms with Gasteiger partial charge in [-0.15, -0.1) is 0 Å². The maximum absolute atomic E-state index is 13.5. The molecule has 0 bridgehead atoms. The maximum atomic E-state index is 13.5. The van der Waals surface area contributed by atoms with Gasteiger partial charge in [0.05, 0.1) is 29.7 Å². The van der Waals surface area contributed by atoms with Crippen LogP contribution in [-0.2, 0) is 27.5 Å². The molecule has 1 atom stereocenters. The zero-order chi connectivity index (χ0) is 27.1. The third kappa shape index (κ3) is 5.09. The van der Waals surface area contributed by atoms with E-state index in [1.807, 2.05) is 0 Å². The summed E-state index contributed by atoms with van der Waals surface area (Å²) < 4.78 is 84.8. The first-order valence-corrected chi connectivity index (χ1v) is 12.8. The first-order valence-electron chi connectivity index (χ1n) is 11.4. The van der Waals surface area contributed by atoms with Crippen LogP contribution < -0.4 is 5.32 Å². The monoisotopic (exact) mass is 549 g/mol. The number of sulfonamides is 1. The average Bonchev–Trinajstić information content (AvgIpc) is 3.55. The minimum atomic E-state index is -4.51. The Hall–Kier alpha value is -3.91. The van der Waals surface area contributed by atoms with Crippen molar-refractivity contribution in [1.29, 1.82) is 0 Å². The highest BCUT2D eigenvalue weighted by molar-refractivity contribution is 7.89. The van der Waals surface area contributed by atoms with Crippen LogP contribution in [0.2, 0.25) is 0 Å². The van der Waals surface area contributed by atoms with Gasteiger partial charge in [0.15, 0.2) is 0 Å². The van der Waals surface area contributed by atoms with E-state index in [0.717, 1.165) is 22.5 Å². The van der Waals surface area contributed by atoms with Crippen molar-refractivity contribution < 1.29 is 35.2 Å². The summed E-state index contributed by atoms with van der Waals surface area (Å²) in [6.07, 6.45) is -1.75. The molecule has 38 heavy (non-hydrogen) atoms. The Morgan fingerprint density at radius 2 is 1.95 bits per heavy atom. The summed E-state index contributed by atoms with van der Waals surface area (Å²) in [6, 6.07) is 7.47. The van der Waals surface area contributed by atoms with Crippen LogP contribution in [0.25, 0.3) is 22.2 Å². The van der Waals surface area contributed by atoms with Crippen LogP contribution in [0.4, 0.5) is 17.6 Å². The molecule has 14 heteroatoms. The van der Waals surface area contributed by atoms with Crippen molar-refractivity contribution in [3.63, 3.8) is 0 Å². The Kier molecular flexibility index (Phi) is 6.61. The van der Waals surface area contributed by atoms with Gasteiger partial charge in [0.2, 0.25) is 11.0 Å². The second-order valence-electron chi connectivity index (χ2n) is 8.60. The molecule has 1 aromatic carbocycles. The maximum Gasteiger partial charge on any atom is 0.417 e. The van der Waals surface area contributed by atoms with Crippen LogP contribution in [0, 0.1) is 5.82 Å². The van der Waals surface area contributed by atoms with Gasteiger partial charge in [-0.05, 0) is 49.2 Å². The zero-order valence-corrected chi connectivity index (χ0v) is 20.3. The number of aromatic nitrogens is 3. The Morgan fingerprint density at radius 1 is 1.13 bits per heavy atom. The lowest BCUT2D eigenvalue weighted by Gasteiger charge is -2.22. The van der Waals surface area contributed by atoms with E-state index in [4.69, 9.17) is 4.42 Å². The van der Waals surface area contributed by atoms with E-state index < -0.39 is 39.5 Å². The largest absolute Gasteiger partial charge is 0.443 e. The molecular weight excluding hydrogens is 530 g/mol. The number of benzene rings is 1. The fourth-order valence-corrected chi connectivity index (χ4v) is 5.80. The molecule has 5 rings (SSSR count). The van der Waals surface area contributed by atoms with E-state index in [2.05, 4.69) is 20.5 Å². The normalized spacial score (nSPS) is 16.7. The lowest BCUT2D eigenvalue weighted by molar-refractivity contribution is -0.137. The van der Waals surface area contributed by atoms with Gasteiger partial charge in [-0.3, -0.25) is 9.78 Å². The molecule has 1 aliphatic rings. The summed E-state index contributed by atoms with van der Waals surface area (Å²) in [5.41, 5.74) is 0.237. The highest BCUT2D eigenvalue weighted by atomic mass is 32.2. The predicted molar refractivity (Wildman–Crippen MR) is 125 cm³/mol. The van der Waals surface area contributed by atoms with Gasteiger partial charge in [0, 0.05) is 29.8 Å². The van der Waals surface area contributed by atoms with Crippen molar-refractivity contribution in [3.05, 3.63) is 71.9 Å². The Bertz CT molecular complexity index is 1610. The molecule has 1 fully saturated rings. The smallest absolute Gasteiger partial charge is 0.417 e. The number of hydrogen-bond acceptors (Lipinski definition) is 7. The average molecular weight is 550 g/mol. The summed E-state index contributed by atoms with van der Waals surface area (Å²) in [7, 11) is -4.18. The molecule has 1 N–H and O–H groups in total. The van der Waals surface area contributed by atoms with Gasteiger partial charge in [-0.1, -0.05) is 0 Å². The molecule has 0 unspecified atom stereocenters. The fourth-order valence-electron chi connectivity index (χ4n) is 4.19. The number of alkyl halides is 3. The van der Waals surface area contributed by atoms with Crippen LogP contribution in [0.15, 0.2) is 64.4 Å². The number of nitrogens with one attached hydrogen (secondary N) is 1. The molecule has 0 spiro atoms. The lowest BCUT2D eigenvalue weighted by atomic mass is 10.1. The molecule has 3 aromatic heterocycles. The fraction of sp³-hybridized carbons (Fsp3) is 0.250. The van der Waals surface area contributed by atoms with Gasteiger partial charge < -0.3 is 9.73 Å². The lowest BCUT2D eigenvalue weighted by Crippen LogP contribution is -2.45. The van der Waals surface area contributed by atoms with E-state index in [0.29, 0.717) is 23.9 Å². The molecule has 1 amide bonds. The first kappa shape index (κ1) is 25.7. The minimum absolute atomic E-state index is 0.0979. The van der Waals surface area contributed by atoms with E-state index in [1.165, 1.54) is 30.5 Å². The van der Waals surface area contributed by atoms with E-state index >= 15 is 0 Å². The number of halogens is 4. The standard InChI is InChI=1S/C24H19F4N5O4S/c25-17-4-6-21-14(8-17)10-22(37-21)38(35,36)33-7-1-2-20(33)23(34)30-13-18-9-15(11-31-32-18)19-5-3-16(12-29-19)24(26,27)28/h3-6,8-12,20H,1-2,7,13H2,(H,30,34)/t20-/m0/s1. The first-order chi connectivity index (χ1) is 18.0. The third-order valence-corrected chi connectivity index (χ3v) is 7.82. The van der Waals surface area contributed by atoms with E-state index in [9.17, 15) is 30.8 Å². The summed E-state index contributed by atoms with van der Waals surface area (Å²) in [6.45, 7) is -0.00465. The number of pyridine rings is 1. The Morgan fingerprint density at radius 3 is 2.68 bits per heavy atom. The van der Waals surface area contributed by atoms with Gasteiger partial charge in [0.1, 0.15) is 17.4 Å². The van der Waals surface area contributed by atoms with E-state index in [-0.39, 0.29) is 41.3 Å². The van der Waals surface area contributed by atoms with Crippen molar-refractivity contribution in [2.24, 2.45) is 0 Å². The van der Waals surface area contributed by atoms with Gasteiger partial charge in [0.25, 0.3) is 10.0 Å². The van der Waals surface area contributed by atoms with Crippen LogP contribution in [0.5, 0.6) is 0 Å². The molecule has 0 aliphatic carbocycles. The van der Waals surface area contributed by atoms with Crippen molar-refractivity contribution >= 4 is 26.9 Å². The predicted octanol–water partition coefficient (Wildman–Crippen LogP) is 3.91. The Balaban J connectivity index is 1.28. The number of furan rings is 1. The molecule has 9 nitrogen and oxygen atoms in total. The van der Waals surface area contributed by atoms with Crippen molar-refractivity contribution in [2.75, 3.05) is 6.54 Å². The molecule has 198 valence electrons. The quantitative estimate of drug-likeness (QED) is 0.362. The van der Waals surface area contributed by atoms with Gasteiger partial charge >= 0.3 is 6.18 Å². The van der Waals surface area contributed by atoms with Crippen molar-refractivity contribution in [2.45, 2.75) is 36.7 Å². The molecule has 4 heterocycles. The summed E-state index contributed by atoms with van der Waals surface area (Å²) in [4.78, 5) is 16.8. The molecule has 1 saturated heterocycles. The molecule has 1 aliphatic heterocycles. The number of carbonyl (C=O) groups excluding carboxylic acids is 1.